The van der Waals surface area contributed by atoms with Crippen molar-refractivity contribution in [1.29, 1.82) is 0 Å². The van der Waals surface area contributed by atoms with Crippen molar-refractivity contribution in [3.63, 3.8) is 0 Å². The molecule has 0 N–H and O–H groups in total. The summed E-state index contributed by atoms with van der Waals surface area (Å²) in [6.07, 6.45) is 9.91. The normalized spacial score (nSPS) is 25.5. The van der Waals surface area contributed by atoms with Gasteiger partial charge in [-0.1, -0.05) is 30.3 Å². The Bertz CT molecular complexity index is 1090. The summed E-state index contributed by atoms with van der Waals surface area (Å²) < 4.78 is 8.13. The molecular formula is C26H31N5O. The SMILES string of the molecule is Cc1nc(-c2ccnn2C2CCCCO2)c2c(n1)C1CCCC(C2)N1Cc1ccccc1. The van der Waals surface area contributed by atoms with Crippen LogP contribution in [0, 0.1) is 6.92 Å². The molecule has 3 unspecified atom stereocenters. The Morgan fingerprint density at radius 3 is 2.75 bits per heavy atom. The summed E-state index contributed by atoms with van der Waals surface area (Å²) in [6.45, 7) is 3.82. The molecule has 0 aliphatic carbocycles. The number of hydrogen-bond acceptors (Lipinski definition) is 5. The van der Waals surface area contributed by atoms with Gasteiger partial charge in [0.1, 0.15) is 5.82 Å². The van der Waals surface area contributed by atoms with Crippen LogP contribution in [0.1, 0.15) is 73.4 Å². The van der Waals surface area contributed by atoms with E-state index >= 15 is 0 Å². The topological polar surface area (TPSA) is 56.1 Å². The first kappa shape index (κ1) is 20.1. The van der Waals surface area contributed by atoms with E-state index in [9.17, 15) is 0 Å². The number of fused-ring (bicyclic) bond motifs is 4. The molecule has 6 nitrogen and oxygen atoms in total. The molecule has 3 aromatic rings. The van der Waals surface area contributed by atoms with Gasteiger partial charge >= 0.3 is 0 Å². The Labute approximate surface area is 189 Å². The number of ether oxygens (including phenoxy) is 1. The molecule has 2 aromatic heterocycles. The third kappa shape index (κ3) is 3.55. The molecule has 0 amide bonds. The molecule has 6 heteroatoms. The first-order chi connectivity index (χ1) is 15.8. The molecule has 0 spiro atoms. The maximum absolute atomic E-state index is 6.07. The van der Waals surface area contributed by atoms with Crippen molar-refractivity contribution in [1.82, 2.24) is 24.6 Å². The number of nitrogens with zero attached hydrogens (tertiary/aromatic N) is 5. The Hall–Kier alpha value is -2.57. The molecule has 166 valence electrons. The highest BCUT2D eigenvalue weighted by atomic mass is 16.5. The summed E-state index contributed by atoms with van der Waals surface area (Å²) in [7, 11) is 0. The molecule has 3 atom stereocenters. The predicted molar refractivity (Wildman–Crippen MR) is 123 cm³/mol. The van der Waals surface area contributed by atoms with Gasteiger partial charge < -0.3 is 4.74 Å². The second-order valence-corrected chi connectivity index (χ2v) is 9.43. The van der Waals surface area contributed by atoms with Crippen LogP contribution < -0.4 is 0 Å². The highest BCUT2D eigenvalue weighted by molar-refractivity contribution is 5.61. The fourth-order valence-corrected chi connectivity index (χ4v) is 5.87. The van der Waals surface area contributed by atoms with Crippen LogP contribution in [-0.2, 0) is 17.7 Å². The molecule has 1 aromatic carbocycles. The Morgan fingerprint density at radius 1 is 1.00 bits per heavy atom. The zero-order valence-electron chi connectivity index (χ0n) is 18.8. The van der Waals surface area contributed by atoms with E-state index in [0.717, 1.165) is 56.0 Å². The molecule has 0 saturated carbocycles. The van der Waals surface area contributed by atoms with Crippen molar-refractivity contribution in [2.75, 3.05) is 6.61 Å². The van der Waals surface area contributed by atoms with E-state index in [1.165, 1.54) is 36.1 Å². The van der Waals surface area contributed by atoms with Crippen LogP contribution in [0.25, 0.3) is 11.4 Å². The number of rotatable bonds is 4. The van der Waals surface area contributed by atoms with Gasteiger partial charge in [-0.3, -0.25) is 4.90 Å². The van der Waals surface area contributed by atoms with Crippen LogP contribution in [0.3, 0.4) is 0 Å². The fourth-order valence-electron chi connectivity index (χ4n) is 5.87. The summed E-state index contributed by atoms with van der Waals surface area (Å²) >= 11 is 0. The molecule has 0 radical (unpaired) electrons. The van der Waals surface area contributed by atoms with Crippen LogP contribution in [0.2, 0.25) is 0 Å². The predicted octanol–water partition coefficient (Wildman–Crippen LogP) is 5.00. The molecule has 32 heavy (non-hydrogen) atoms. The van der Waals surface area contributed by atoms with Gasteiger partial charge in [0.25, 0.3) is 0 Å². The van der Waals surface area contributed by atoms with Gasteiger partial charge in [0.2, 0.25) is 0 Å². The van der Waals surface area contributed by atoms with Crippen LogP contribution in [-0.4, -0.2) is 37.3 Å². The molecule has 3 aliphatic rings. The molecule has 2 saturated heterocycles. The van der Waals surface area contributed by atoms with Crippen LogP contribution >= 0.6 is 0 Å². The average Bonchev–Trinajstić information content (AvgIpc) is 3.31. The lowest BCUT2D eigenvalue weighted by Gasteiger charge is -2.46. The molecule has 3 aliphatic heterocycles. The van der Waals surface area contributed by atoms with Crippen molar-refractivity contribution in [3.8, 4) is 11.4 Å². The molecule has 2 fully saturated rings. The Kier molecular flexibility index (Phi) is 5.27. The Morgan fingerprint density at radius 2 is 1.91 bits per heavy atom. The zero-order chi connectivity index (χ0) is 21.5. The van der Waals surface area contributed by atoms with Gasteiger partial charge in [-0.15, -0.1) is 0 Å². The average molecular weight is 430 g/mol. The van der Waals surface area contributed by atoms with E-state index in [-0.39, 0.29) is 6.23 Å². The third-order valence-electron chi connectivity index (χ3n) is 7.34. The van der Waals surface area contributed by atoms with E-state index in [1.807, 2.05) is 13.1 Å². The number of benzene rings is 1. The van der Waals surface area contributed by atoms with Crippen molar-refractivity contribution in [2.45, 2.75) is 76.7 Å². The number of hydrogen-bond donors (Lipinski definition) is 0. The summed E-state index contributed by atoms with van der Waals surface area (Å²) in [5, 5.41) is 4.66. The number of piperidine rings is 1. The Balaban J connectivity index is 1.40. The maximum atomic E-state index is 6.07. The highest BCUT2D eigenvalue weighted by Crippen LogP contribution is 2.44. The minimum absolute atomic E-state index is 0.0114. The number of aryl methyl sites for hydroxylation is 1. The van der Waals surface area contributed by atoms with E-state index in [1.54, 1.807) is 0 Å². The van der Waals surface area contributed by atoms with E-state index in [4.69, 9.17) is 14.7 Å². The van der Waals surface area contributed by atoms with Gasteiger partial charge in [-0.2, -0.15) is 5.10 Å². The first-order valence-electron chi connectivity index (χ1n) is 12.1. The van der Waals surface area contributed by atoms with Crippen molar-refractivity contribution in [3.05, 3.63) is 65.2 Å². The smallest absolute Gasteiger partial charge is 0.150 e. The molecule has 6 rings (SSSR count). The van der Waals surface area contributed by atoms with E-state index in [2.05, 4.69) is 51.1 Å². The zero-order valence-corrected chi connectivity index (χ0v) is 18.8. The summed E-state index contributed by atoms with van der Waals surface area (Å²) in [5.41, 5.74) is 6.08. The monoisotopic (exact) mass is 429 g/mol. The largest absolute Gasteiger partial charge is 0.356 e. The van der Waals surface area contributed by atoms with Crippen molar-refractivity contribution >= 4 is 0 Å². The number of aromatic nitrogens is 4. The van der Waals surface area contributed by atoms with Crippen molar-refractivity contribution < 1.29 is 4.74 Å². The van der Waals surface area contributed by atoms with Crippen molar-refractivity contribution in [2.24, 2.45) is 0 Å². The van der Waals surface area contributed by atoms with Crippen LogP contribution in [0.15, 0.2) is 42.6 Å². The van der Waals surface area contributed by atoms with Gasteiger partial charge in [0.15, 0.2) is 6.23 Å². The minimum Gasteiger partial charge on any atom is -0.356 e. The first-order valence-corrected chi connectivity index (χ1v) is 12.1. The van der Waals surface area contributed by atoms with Gasteiger partial charge in [0.05, 0.1) is 23.1 Å². The maximum Gasteiger partial charge on any atom is 0.150 e. The lowest BCUT2D eigenvalue weighted by molar-refractivity contribution is -0.0384. The standard InChI is InChI=1S/C26H31N5O/c1-18-28-25-21(26(29-18)23-13-14-27-31(23)24-12-5-6-15-32-24)16-20-10-7-11-22(25)30(20)17-19-8-3-2-4-9-19/h2-4,8-9,13-14,20,22,24H,5-7,10-12,15-17H2,1H3. The third-order valence-corrected chi connectivity index (χ3v) is 7.34. The summed E-state index contributed by atoms with van der Waals surface area (Å²) in [5.74, 6) is 0.847. The summed E-state index contributed by atoms with van der Waals surface area (Å²) in [6, 6.07) is 13.9. The summed E-state index contributed by atoms with van der Waals surface area (Å²) in [4.78, 5) is 12.7. The van der Waals surface area contributed by atoms with Gasteiger partial charge in [-0.25, -0.2) is 14.6 Å². The lowest BCUT2D eigenvalue weighted by Crippen LogP contribution is -2.47. The minimum atomic E-state index is 0.0114. The molecule has 2 bridgehead atoms. The van der Waals surface area contributed by atoms with Crippen LogP contribution in [0.4, 0.5) is 0 Å². The van der Waals surface area contributed by atoms with Crippen LogP contribution in [0.5, 0.6) is 0 Å². The molecule has 5 heterocycles. The second kappa shape index (κ2) is 8.41. The quantitative estimate of drug-likeness (QED) is 0.584. The van der Waals surface area contributed by atoms with Gasteiger partial charge in [0, 0.05) is 31.0 Å². The van der Waals surface area contributed by atoms with E-state index < -0.39 is 0 Å². The van der Waals surface area contributed by atoms with E-state index in [0.29, 0.717) is 12.1 Å². The molecular weight excluding hydrogens is 398 g/mol. The van der Waals surface area contributed by atoms with Gasteiger partial charge in [-0.05, 0) is 63.5 Å². The second-order valence-electron chi connectivity index (χ2n) is 9.43. The highest BCUT2D eigenvalue weighted by Gasteiger charge is 2.40. The fraction of sp³-hybridized carbons (Fsp3) is 0.500. The lowest BCUT2D eigenvalue weighted by atomic mass is 9.81.